The van der Waals surface area contributed by atoms with Gasteiger partial charge in [0.05, 0.1) is 10.6 Å². The Morgan fingerprint density at radius 3 is 2.00 bits per heavy atom. The summed E-state index contributed by atoms with van der Waals surface area (Å²) in [6.07, 6.45) is 0.262. The summed E-state index contributed by atoms with van der Waals surface area (Å²) in [5.74, 6) is -0.840. The molecule has 1 unspecified atom stereocenters. The fourth-order valence-corrected chi connectivity index (χ4v) is 6.35. The average molecular weight is 635 g/mol. The van der Waals surface area contributed by atoms with Gasteiger partial charge in [0.2, 0.25) is 11.8 Å². The number of sulfonamides is 1. The number of anilines is 1. The Balaban J connectivity index is 1.78. The smallest absolute Gasteiger partial charge is 0.264 e. The predicted octanol–water partition coefficient (Wildman–Crippen LogP) is 5.34. The summed E-state index contributed by atoms with van der Waals surface area (Å²) in [4.78, 5) is 29.1. The van der Waals surface area contributed by atoms with Crippen LogP contribution in [0.1, 0.15) is 16.7 Å². The second kappa shape index (κ2) is 13.6. The highest BCUT2D eigenvalue weighted by atomic mass is 79.9. The van der Waals surface area contributed by atoms with E-state index in [1.54, 1.807) is 43.3 Å². The SMILES string of the molecule is CNC(=O)C(Cc1ccccc1)N(Cc1ccc(Br)cc1)C(=O)CN(c1ccccc1C)S(=O)(=O)c1ccccc1. The van der Waals surface area contributed by atoms with Crippen LogP contribution in [0.3, 0.4) is 0 Å². The molecule has 0 fully saturated rings. The van der Waals surface area contributed by atoms with Crippen LogP contribution in [-0.4, -0.2) is 44.8 Å². The average Bonchev–Trinajstić information content (AvgIpc) is 2.99. The van der Waals surface area contributed by atoms with Gasteiger partial charge in [-0.15, -0.1) is 0 Å². The van der Waals surface area contributed by atoms with Crippen molar-refractivity contribution >= 4 is 43.5 Å². The number of carbonyl (C=O) groups is 2. The number of halogens is 1. The molecule has 0 radical (unpaired) electrons. The highest BCUT2D eigenvalue weighted by molar-refractivity contribution is 9.10. The van der Waals surface area contributed by atoms with E-state index in [4.69, 9.17) is 0 Å². The Bertz CT molecular complexity index is 1580. The third-order valence-electron chi connectivity index (χ3n) is 6.78. The van der Waals surface area contributed by atoms with Crippen molar-refractivity contribution in [2.75, 3.05) is 17.9 Å². The fourth-order valence-electron chi connectivity index (χ4n) is 4.58. The van der Waals surface area contributed by atoms with E-state index in [1.807, 2.05) is 60.7 Å². The fraction of sp³-hybridized carbons (Fsp3) is 0.188. The van der Waals surface area contributed by atoms with Crippen LogP contribution in [0.4, 0.5) is 5.69 Å². The summed E-state index contributed by atoms with van der Waals surface area (Å²) >= 11 is 3.44. The molecule has 7 nitrogen and oxygen atoms in total. The van der Waals surface area contributed by atoms with Crippen molar-refractivity contribution in [3.8, 4) is 0 Å². The summed E-state index contributed by atoms with van der Waals surface area (Å²) < 4.78 is 29.9. The summed E-state index contributed by atoms with van der Waals surface area (Å²) in [5, 5.41) is 2.69. The first-order chi connectivity index (χ1) is 19.7. The molecule has 212 valence electrons. The summed E-state index contributed by atoms with van der Waals surface area (Å²) in [6, 6.07) is 31.1. The Morgan fingerprint density at radius 1 is 0.805 bits per heavy atom. The van der Waals surface area contributed by atoms with Crippen LogP contribution >= 0.6 is 15.9 Å². The quantitative estimate of drug-likeness (QED) is 0.242. The molecule has 0 saturated carbocycles. The van der Waals surface area contributed by atoms with Gasteiger partial charge in [-0.1, -0.05) is 94.8 Å². The van der Waals surface area contributed by atoms with E-state index in [0.29, 0.717) is 11.3 Å². The van der Waals surface area contributed by atoms with Gasteiger partial charge in [0.1, 0.15) is 12.6 Å². The first-order valence-corrected chi connectivity index (χ1v) is 15.4. The van der Waals surface area contributed by atoms with Gasteiger partial charge in [-0.05, 0) is 53.9 Å². The molecule has 41 heavy (non-hydrogen) atoms. The maximum absolute atomic E-state index is 14.3. The summed E-state index contributed by atoms with van der Waals surface area (Å²) in [6.45, 7) is 1.43. The lowest BCUT2D eigenvalue weighted by atomic mass is 10.0. The van der Waals surface area contributed by atoms with Crippen LogP contribution < -0.4 is 9.62 Å². The van der Waals surface area contributed by atoms with Crippen molar-refractivity contribution < 1.29 is 18.0 Å². The normalized spacial score (nSPS) is 11.9. The number of benzene rings is 4. The second-order valence-corrected chi connectivity index (χ2v) is 12.4. The molecule has 0 aromatic heterocycles. The van der Waals surface area contributed by atoms with Crippen LogP contribution in [0, 0.1) is 6.92 Å². The molecule has 4 aromatic carbocycles. The van der Waals surface area contributed by atoms with E-state index < -0.39 is 28.5 Å². The number of nitrogens with zero attached hydrogens (tertiary/aromatic N) is 2. The van der Waals surface area contributed by atoms with Gasteiger partial charge >= 0.3 is 0 Å². The van der Waals surface area contributed by atoms with E-state index in [2.05, 4.69) is 21.2 Å². The molecule has 0 bridgehead atoms. The molecule has 9 heteroatoms. The molecule has 0 heterocycles. The lowest BCUT2D eigenvalue weighted by Gasteiger charge is -2.34. The molecule has 1 N–H and O–H groups in total. The van der Waals surface area contributed by atoms with Crippen molar-refractivity contribution in [2.24, 2.45) is 0 Å². The zero-order valence-electron chi connectivity index (χ0n) is 22.9. The largest absolute Gasteiger partial charge is 0.357 e. The van der Waals surface area contributed by atoms with E-state index in [9.17, 15) is 18.0 Å². The molecule has 0 saturated heterocycles. The number of nitrogens with one attached hydrogen (secondary N) is 1. The minimum absolute atomic E-state index is 0.0719. The molecule has 0 aliphatic carbocycles. The van der Waals surface area contributed by atoms with Gasteiger partial charge in [0, 0.05) is 24.5 Å². The van der Waals surface area contributed by atoms with E-state index in [1.165, 1.54) is 24.1 Å². The Hall–Kier alpha value is -3.95. The predicted molar refractivity (Wildman–Crippen MR) is 165 cm³/mol. The minimum Gasteiger partial charge on any atom is -0.357 e. The zero-order valence-corrected chi connectivity index (χ0v) is 25.3. The van der Waals surface area contributed by atoms with Gasteiger partial charge in [-0.25, -0.2) is 8.42 Å². The molecule has 0 aliphatic heterocycles. The van der Waals surface area contributed by atoms with Crippen molar-refractivity contribution in [1.82, 2.24) is 10.2 Å². The minimum atomic E-state index is -4.11. The van der Waals surface area contributed by atoms with E-state index >= 15 is 0 Å². The van der Waals surface area contributed by atoms with Gasteiger partial charge in [-0.3, -0.25) is 13.9 Å². The third-order valence-corrected chi connectivity index (χ3v) is 9.08. The van der Waals surface area contributed by atoms with Crippen LogP contribution in [-0.2, 0) is 32.6 Å². The number of para-hydroxylation sites is 1. The second-order valence-electron chi connectivity index (χ2n) is 9.58. The van der Waals surface area contributed by atoms with Crippen molar-refractivity contribution in [3.05, 3.63) is 130 Å². The Labute approximate surface area is 250 Å². The van der Waals surface area contributed by atoms with Gasteiger partial charge in [-0.2, -0.15) is 0 Å². The van der Waals surface area contributed by atoms with E-state index in [0.717, 1.165) is 19.9 Å². The van der Waals surface area contributed by atoms with Crippen molar-refractivity contribution in [1.29, 1.82) is 0 Å². The third kappa shape index (κ3) is 7.42. The summed E-state index contributed by atoms with van der Waals surface area (Å²) in [7, 11) is -2.59. The van der Waals surface area contributed by atoms with Crippen molar-refractivity contribution in [3.63, 3.8) is 0 Å². The number of rotatable bonds is 11. The lowest BCUT2D eigenvalue weighted by molar-refractivity contribution is -0.139. The number of hydrogen-bond acceptors (Lipinski definition) is 4. The number of likely N-dealkylation sites (N-methyl/N-ethyl adjacent to an activating group) is 1. The van der Waals surface area contributed by atoms with E-state index in [-0.39, 0.29) is 23.8 Å². The number of amides is 2. The van der Waals surface area contributed by atoms with Crippen LogP contribution in [0.2, 0.25) is 0 Å². The highest BCUT2D eigenvalue weighted by Crippen LogP contribution is 2.27. The first kappa shape index (κ1) is 30.0. The van der Waals surface area contributed by atoms with Crippen molar-refractivity contribution in [2.45, 2.75) is 30.8 Å². The number of carbonyl (C=O) groups excluding carboxylic acids is 2. The van der Waals surface area contributed by atoms with Gasteiger partial charge in [0.15, 0.2) is 0 Å². The van der Waals surface area contributed by atoms with Crippen LogP contribution in [0.25, 0.3) is 0 Å². The molecule has 0 spiro atoms. The van der Waals surface area contributed by atoms with Gasteiger partial charge in [0.25, 0.3) is 10.0 Å². The molecular weight excluding hydrogens is 602 g/mol. The molecular formula is C32H32BrN3O4S. The molecule has 4 rings (SSSR count). The Morgan fingerprint density at radius 2 is 1.39 bits per heavy atom. The topological polar surface area (TPSA) is 86.8 Å². The number of aryl methyl sites for hydroxylation is 1. The first-order valence-electron chi connectivity index (χ1n) is 13.1. The zero-order chi connectivity index (χ0) is 29.4. The summed E-state index contributed by atoms with van der Waals surface area (Å²) in [5.41, 5.74) is 2.78. The molecule has 4 aromatic rings. The lowest BCUT2D eigenvalue weighted by Crippen LogP contribution is -2.53. The maximum Gasteiger partial charge on any atom is 0.264 e. The van der Waals surface area contributed by atoms with Crippen LogP contribution in [0.15, 0.2) is 119 Å². The monoisotopic (exact) mass is 633 g/mol. The highest BCUT2D eigenvalue weighted by Gasteiger charge is 2.34. The molecule has 0 aliphatic rings. The molecule has 1 atom stereocenters. The standard InChI is InChI=1S/C32H32BrN3O4S/c1-24-11-9-10-16-29(24)36(41(39,40)28-14-7-4-8-15-28)23-31(37)35(22-26-17-19-27(33)20-18-26)30(32(38)34-2)21-25-12-5-3-6-13-25/h3-20,30H,21-23H2,1-2H3,(H,34,38). The molecule has 2 amide bonds. The maximum atomic E-state index is 14.3. The van der Waals surface area contributed by atoms with Crippen LogP contribution in [0.5, 0.6) is 0 Å². The Kier molecular flexibility index (Phi) is 9.96. The number of hydrogen-bond donors (Lipinski definition) is 1. The van der Waals surface area contributed by atoms with Gasteiger partial charge < -0.3 is 10.2 Å².